The molecule has 2 N–H and O–H groups in total. The summed E-state index contributed by atoms with van der Waals surface area (Å²) in [6.45, 7) is 9.84. The Kier molecular flexibility index (Phi) is 10.7. The van der Waals surface area contributed by atoms with Gasteiger partial charge in [0.2, 0.25) is 5.82 Å². The largest absolute Gasteiger partial charge is 0.516 e. The summed E-state index contributed by atoms with van der Waals surface area (Å²) in [5, 5.41) is 11.6. The summed E-state index contributed by atoms with van der Waals surface area (Å²) in [5.41, 5.74) is -6.51. The first kappa shape index (κ1) is 30.7. The van der Waals surface area contributed by atoms with Crippen molar-refractivity contribution in [3.63, 3.8) is 0 Å². The second-order valence-corrected chi connectivity index (χ2v) is 8.32. The van der Waals surface area contributed by atoms with Crippen molar-refractivity contribution in [2.45, 2.75) is 38.9 Å². The lowest BCUT2D eigenvalue weighted by molar-refractivity contribution is -0.144. The van der Waals surface area contributed by atoms with E-state index in [4.69, 9.17) is 4.74 Å². The van der Waals surface area contributed by atoms with Crippen LogP contribution in [-0.4, -0.2) is 49.3 Å². The van der Waals surface area contributed by atoms with Gasteiger partial charge < -0.3 is 9.64 Å². The zero-order valence-corrected chi connectivity index (χ0v) is 20.5. The van der Waals surface area contributed by atoms with Crippen LogP contribution in [-0.2, 0) is 16.2 Å². The zero-order chi connectivity index (χ0) is 27.7. The molecule has 0 amide bonds. The van der Waals surface area contributed by atoms with Crippen molar-refractivity contribution in [1.29, 1.82) is 0 Å². The maximum Gasteiger partial charge on any atom is 0.516 e. The molecule has 0 bridgehead atoms. The minimum Gasteiger partial charge on any atom is -0.494 e. The van der Waals surface area contributed by atoms with Crippen LogP contribution in [0.1, 0.15) is 33.0 Å². The highest BCUT2D eigenvalue weighted by atomic mass is 32.2. The van der Waals surface area contributed by atoms with Crippen molar-refractivity contribution in [3.05, 3.63) is 30.6 Å². The fourth-order valence-electron chi connectivity index (χ4n) is 2.42. The highest BCUT2D eigenvalue weighted by Gasteiger charge is 2.46. The van der Waals surface area contributed by atoms with Crippen LogP contribution in [0.2, 0.25) is 0 Å². The standard InChI is InChI=1S/C15H17F6N7O3S.C4H8/c1-4-28(5-2)10-6-9(27-32(29,30)15(19,20)21)8(7-11(10)31-3)23-25-13-22-12(24-26-13)14(16,17)18;1-3-4-2/h6-7,27H,4-5H2,1-3H3,(H,22,24,26);3H,1,4H2,2H3. The lowest BCUT2D eigenvalue weighted by Gasteiger charge is -2.25. The number of halogens is 6. The topological polar surface area (TPSA) is 125 Å². The van der Waals surface area contributed by atoms with E-state index in [2.05, 4.69) is 33.8 Å². The molecule has 0 radical (unpaired) electrons. The molecular formula is C19H25F6N7O3S. The predicted octanol–water partition coefficient (Wildman–Crippen LogP) is 5.94. The molecule has 36 heavy (non-hydrogen) atoms. The molecule has 0 saturated heterocycles. The number of aromatic nitrogens is 3. The van der Waals surface area contributed by atoms with Gasteiger partial charge in [-0.25, -0.2) is 0 Å². The maximum atomic E-state index is 12.9. The van der Waals surface area contributed by atoms with Gasteiger partial charge >= 0.3 is 21.7 Å². The number of nitrogens with zero attached hydrogens (tertiary/aromatic N) is 5. The molecule has 0 fully saturated rings. The average molecular weight is 546 g/mol. The van der Waals surface area contributed by atoms with E-state index in [1.54, 1.807) is 23.8 Å². The van der Waals surface area contributed by atoms with Gasteiger partial charge in [-0.2, -0.15) is 39.7 Å². The molecule has 2 aromatic rings. The Labute approximate surface area is 203 Å². The first-order chi connectivity index (χ1) is 16.6. The van der Waals surface area contributed by atoms with Gasteiger partial charge in [0.1, 0.15) is 11.4 Å². The zero-order valence-electron chi connectivity index (χ0n) is 19.7. The summed E-state index contributed by atoms with van der Waals surface area (Å²) in [4.78, 5) is 4.71. The van der Waals surface area contributed by atoms with Gasteiger partial charge in [0.05, 0.1) is 18.5 Å². The van der Waals surface area contributed by atoms with Gasteiger partial charge in [-0.3, -0.25) is 9.82 Å². The number of ether oxygens (including phenoxy) is 1. The van der Waals surface area contributed by atoms with Crippen molar-refractivity contribution in [3.8, 4) is 5.75 Å². The minimum absolute atomic E-state index is 0.101. The Morgan fingerprint density at radius 1 is 1.14 bits per heavy atom. The molecule has 202 valence electrons. The molecule has 1 aromatic carbocycles. The van der Waals surface area contributed by atoms with Crippen LogP contribution in [0, 0.1) is 0 Å². The van der Waals surface area contributed by atoms with Crippen LogP contribution < -0.4 is 14.4 Å². The lowest BCUT2D eigenvalue weighted by atomic mass is 10.2. The molecule has 0 spiro atoms. The Morgan fingerprint density at radius 2 is 1.72 bits per heavy atom. The second kappa shape index (κ2) is 12.5. The van der Waals surface area contributed by atoms with Crippen LogP contribution in [0.3, 0.4) is 0 Å². The second-order valence-electron chi connectivity index (χ2n) is 6.64. The van der Waals surface area contributed by atoms with Crippen molar-refractivity contribution < 1.29 is 39.5 Å². The number of sulfonamides is 1. The molecule has 17 heteroatoms. The Hall–Kier alpha value is -3.37. The lowest BCUT2D eigenvalue weighted by Crippen LogP contribution is -2.30. The Bertz CT molecular complexity index is 1140. The smallest absolute Gasteiger partial charge is 0.494 e. The summed E-state index contributed by atoms with van der Waals surface area (Å²) in [5.74, 6) is -2.16. The number of hydrogen-bond donors (Lipinski definition) is 2. The van der Waals surface area contributed by atoms with E-state index in [1.165, 1.54) is 11.8 Å². The summed E-state index contributed by atoms with van der Waals surface area (Å²) in [7, 11) is -4.59. The van der Waals surface area contributed by atoms with Gasteiger partial charge in [0.25, 0.3) is 5.95 Å². The van der Waals surface area contributed by atoms with E-state index < -0.39 is 44.9 Å². The summed E-state index contributed by atoms with van der Waals surface area (Å²) in [6, 6.07) is 2.12. The number of azo groups is 1. The Morgan fingerprint density at radius 3 is 2.14 bits per heavy atom. The number of allylic oxidation sites excluding steroid dienone is 1. The molecule has 1 heterocycles. The average Bonchev–Trinajstić information content (AvgIpc) is 3.28. The van der Waals surface area contributed by atoms with Crippen molar-refractivity contribution >= 4 is 33.0 Å². The number of hydrogen-bond acceptors (Lipinski definition) is 8. The Balaban J connectivity index is 0.00000150. The quantitative estimate of drug-likeness (QED) is 0.228. The fraction of sp³-hybridized carbons (Fsp3) is 0.474. The summed E-state index contributed by atoms with van der Waals surface area (Å²) in [6.07, 6.45) is -1.89. The molecular weight excluding hydrogens is 520 g/mol. The number of anilines is 2. The number of H-pyrrole nitrogens is 1. The monoisotopic (exact) mass is 545 g/mol. The molecule has 0 aliphatic rings. The molecule has 0 unspecified atom stereocenters. The van der Waals surface area contributed by atoms with E-state index in [9.17, 15) is 34.8 Å². The van der Waals surface area contributed by atoms with Crippen molar-refractivity contribution in [2.75, 3.05) is 29.8 Å². The molecule has 0 saturated carbocycles. The normalized spacial score (nSPS) is 12.2. The minimum atomic E-state index is -5.84. The maximum absolute atomic E-state index is 12.9. The van der Waals surface area contributed by atoms with Crippen LogP contribution in [0.15, 0.2) is 35.0 Å². The third-order valence-electron chi connectivity index (χ3n) is 4.23. The SMILES string of the molecule is C=CCC.CCN(CC)c1cc(NS(=O)(=O)C(F)(F)F)c(N=Nc2n[nH]c(C(F)(F)F)n2)cc1OC. The third-order valence-corrected chi connectivity index (χ3v) is 5.33. The van der Waals surface area contributed by atoms with E-state index in [-0.39, 0.29) is 11.4 Å². The molecule has 0 aliphatic carbocycles. The summed E-state index contributed by atoms with van der Waals surface area (Å²) >= 11 is 0. The van der Waals surface area contributed by atoms with Gasteiger partial charge in [-0.05, 0) is 26.3 Å². The van der Waals surface area contributed by atoms with Crippen LogP contribution in [0.25, 0.3) is 0 Å². The number of rotatable bonds is 9. The highest BCUT2D eigenvalue weighted by molar-refractivity contribution is 7.93. The van der Waals surface area contributed by atoms with Crippen molar-refractivity contribution in [2.24, 2.45) is 10.2 Å². The molecule has 10 nitrogen and oxygen atoms in total. The predicted molar refractivity (Wildman–Crippen MR) is 121 cm³/mol. The number of benzene rings is 1. The summed E-state index contributed by atoms with van der Waals surface area (Å²) < 4.78 is 106. The number of nitrogens with one attached hydrogen (secondary N) is 2. The molecule has 1 aromatic heterocycles. The van der Waals surface area contributed by atoms with E-state index in [1.807, 2.05) is 6.08 Å². The molecule has 0 atom stereocenters. The van der Waals surface area contributed by atoms with Gasteiger partial charge in [-0.1, -0.05) is 13.0 Å². The van der Waals surface area contributed by atoms with Gasteiger partial charge in [-0.15, -0.1) is 21.9 Å². The van der Waals surface area contributed by atoms with Crippen molar-refractivity contribution in [1.82, 2.24) is 15.2 Å². The first-order valence-corrected chi connectivity index (χ1v) is 11.7. The van der Waals surface area contributed by atoms with Crippen LogP contribution in [0.5, 0.6) is 5.75 Å². The van der Waals surface area contributed by atoms with Crippen LogP contribution >= 0.6 is 0 Å². The number of aromatic amines is 1. The molecule has 0 aliphatic heterocycles. The van der Waals surface area contributed by atoms with Crippen LogP contribution in [0.4, 0.5) is 49.4 Å². The fourth-order valence-corrected chi connectivity index (χ4v) is 2.99. The number of methoxy groups -OCH3 is 1. The molecule has 2 rings (SSSR count). The van der Waals surface area contributed by atoms with E-state index in [0.717, 1.165) is 18.6 Å². The van der Waals surface area contributed by atoms with Gasteiger partial charge in [0, 0.05) is 19.2 Å². The van der Waals surface area contributed by atoms with E-state index in [0.29, 0.717) is 13.1 Å². The van der Waals surface area contributed by atoms with Gasteiger partial charge in [0.15, 0.2) is 0 Å². The third kappa shape index (κ3) is 8.10. The number of alkyl halides is 6. The highest BCUT2D eigenvalue weighted by Crippen LogP contribution is 2.41. The van der Waals surface area contributed by atoms with E-state index >= 15 is 0 Å². The first-order valence-electron chi connectivity index (χ1n) is 10.2.